The molecule has 28 heavy (non-hydrogen) atoms. The molecule has 152 valence electrons. The van der Waals surface area contributed by atoms with Crippen LogP contribution in [0.3, 0.4) is 0 Å². The topological polar surface area (TPSA) is 27.7 Å². The van der Waals surface area contributed by atoms with Gasteiger partial charge in [0.05, 0.1) is 25.4 Å². The van der Waals surface area contributed by atoms with Gasteiger partial charge in [0.15, 0.2) is 11.6 Å². The van der Waals surface area contributed by atoms with Crippen molar-refractivity contribution in [2.24, 2.45) is 0 Å². The van der Waals surface area contributed by atoms with Crippen molar-refractivity contribution in [2.75, 3.05) is 20.3 Å². The van der Waals surface area contributed by atoms with Crippen LogP contribution in [0.15, 0.2) is 30.3 Å². The van der Waals surface area contributed by atoms with Crippen LogP contribution in [0.1, 0.15) is 44.3 Å². The zero-order valence-electron chi connectivity index (χ0n) is 16.1. The first-order chi connectivity index (χ1) is 13.5. The summed E-state index contributed by atoms with van der Waals surface area (Å²) in [6.07, 6.45) is 2.50. The molecule has 0 spiro atoms. The molecule has 1 saturated heterocycles. The second-order valence-corrected chi connectivity index (χ2v) is 6.93. The molecule has 3 nitrogen and oxygen atoms in total. The van der Waals surface area contributed by atoms with Crippen LogP contribution >= 0.6 is 0 Å². The van der Waals surface area contributed by atoms with Crippen LogP contribution in [0.2, 0.25) is 0 Å². The van der Waals surface area contributed by atoms with E-state index in [1.165, 1.54) is 24.3 Å². The molecule has 0 bridgehead atoms. The lowest BCUT2D eigenvalue weighted by Crippen LogP contribution is -2.27. The first kappa shape index (κ1) is 20.7. The van der Waals surface area contributed by atoms with Gasteiger partial charge in [-0.25, -0.2) is 13.2 Å². The molecule has 2 atom stereocenters. The Kier molecular flexibility index (Phi) is 6.97. The minimum absolute atomic E-state index is 0.00481. The Labute approximate surface area is 163 Å². The second-order valence-electron chi connectivity index (χ2n) is 6.93. The number of unbranched alkanes of at least 4 members (excludes halogenated alkanes) is 1. The SMILES string of the molecule is CCCCOc1ccc(-c2ccc(C3CCC(OC)CO3)c(F)c2F)c(F)c1. The minimum atomic E-state index is -1.08. The van der Waals surface area contributed by atoms with E-state index < -0.39 is 23.6 Å². The standard InChI is InChI=1S/C22H25F3O3/c1-3-4-11-27-14-5-7-16(19(23)12-14)17-8-9-18(22(25)21(17)24)20-10-6-15(26-2)13-28-20/h5,7-9,12,15,20H,3-4,6,10-11,13H2,1-2H3. The van der Waals surface area contributed by atoms with E-state index in [1.54, 1.807) is 13.2 Å². The molecule has 2 unspecified atom stereocenters. The zero-order chi connectivity index (χ0) is 20.1. The zero-order valence-corrected chi connectivity index (χ0v) is 16.1. The first-order valence-corrected chi connectivity index (χ1v) is 9.60. The summed E-state index contributed by atoms with van der Waals surface area (Å²) in [7, 11) is 1.60. The maximum atomic E-state index is 14.7. The number of hydrogen-bond donors (Lipinski definition) is 0. The van der Waals surface area contributed by atoms with Crippen LogP contribution in [0.5, 0.6) is 5.75 Å². The van der Waals surface area contributed by atoms with Crippen molar-refractivity contribution in [1.29, 1.82) is 0 Å². The van der Waals surface area contributed by atoms with E-state index in [-0.39, 0.29) is 22.8 Å². The van der Waals surface area contributed by atoms with Crippen molar-refractivity contribution in [2.45, 2.75) is 44.8 Å². The molecule has 0 saturated carbocycles. The van der Waals surface area contributed by atoms with Gasteiger partial charge >= 0.3 is 0 Å². The predicted octanol–water partition coefficient (Wildman–Crippen LogP) is 5.82. The summed E-state index contributed by atoms with van der Waals surface area (Å²) in [4.78, 5) is 0. The fourth-order valence-electron chi connectivity index (χ4n) is 3.32. The summed E-state index contributed by atoms with van der Waals surface area (Å²) < 4.78 is 60.2. The van der Waals surface area contributed by atoms with E-state index in [4.69, 9.17) is 14.2 Å². The Hall–Kier alpha value is -2.05. The monoisotopic (exact) mass is 394 g/mol. The first-order valence-electron chi connectivity index (χ1n) is 9.60. The average Bonchev–Trinajstić information content (AvgIpc) is 2.71. The quantitative estimate of drug-likeness (QED) is 0.554. The summed E-state index contributed by atoms with van der Waals surface area (Å²) in [6.45, 7) is 2.85. The highest BCUT2D eigenvalue weighted by atomic mass is 19.2. The minimum Gasteiger partial charge on any atom is -0.493 e. The Morgan fingerprint density at radius 3 is 2.46 bits per heavy atom. The van der Waals surface area contributed by atoms with Crippen molar-refractivity contribution in [3.8, 4) is 16.9 Å². The number of hydrogen-bond acceptors (Lipinski definition) is 3. The van der Waals surface area contributed by atoms with Gasteiger partial charge in [0.25, 0.3) is 0 Å². The van der Waals surface area contributed by atoms with Crippen LogP contribution in [0.25, 0.3) is 11.1 Å². The molecule has 2 aromatic carbocycles. The lowest BCUT2D eigenvalue weighted by molar-refractivity contribution is -0.0736. The molecule has 3 rings (SSSR count). The van der Waals surface area contributed by atoms with Crippen LogP contribution in [-0.2, 0) is 9.47 Å². The van der Waals surface area contributed by atoms with E-state index in [0.717, 1.165) is 12.8 Å². The summed E-state index contributed by atoms with van der Waals surface area (Å²) in [5.41, 5.74) is 0.0231. The number of ether oxygens (including phenoxy) is 3. The van der Waals surface area contributed by atoms with Crippen LogP contribution in [-0.4, -0.2) is 26.4 Å². The van der Waals surface area contributed by atoms with E-state index in [1.807, 2.05) is 6.92 Å². The summed E-state index contributed by atoms with van der Waals surface area (Å²) in [5.74, 6) is -2.36. The van der Waals surface area contributed by atoms with Gasteiger partial charge in [-0.1, -0.05) is 25.5 Å². The second kappa shape index (κ2) is 9.43. The van der Waals surface area contributed by atoms with Crippen molar-refractivity contribution in [1.82, 2.24) is 0 Å². The van der Waals surface area contributed by atoms with E-state index in [9.17, 15) is 13.2 Å². The normalized spacial score (nSPS) is 19.6. The largest absolute Gasteiger partial charge is 0.493 e. The Morgan fingerprint density at radius 1 is 1.04 bits per heavy atom. The maximum Gasteiger partial charge on any atom is 0.167 e. The van der Waals surface area contributed by atoms with Gasteiger partial charge in [-0.2, -0.15) is 0 Å². The molecule has 1 heterocycles. The highest BCUT2D eigenvalue weighted by Gasteiger charge is 2.27. The number of methoxy groups -OCH3 is 1. The van der Waals surface area contributed by atoms with Gasteiger partial charge < -0.3 is 14.2 Å². The highest BCUT2D eigenvalue weighted by Crippen LogP contribution is 2.35. The molecule has 0 amide bonds. The van der Waals surface area contributed by atoms with Crippen LogP contribution in [0.4, 0.5) is 13.2 Å². The van der Waals surface area contributed by atoms with Crippen molar-refractivity contribution >= 4 is 0 Å². The third-order valence-corrected chi connectivity index (χ3v) is 5.02. The summed E-state index contributed by atoms with van der Waals surface area (Å²) in [5, 5.41) is 0. The number of rotatable bonds is 7. The van der Waals surface area contributed by atoms with Crippen molar-refractivity contribution in [3.63, 3.8) is 0 Å². The molecule has 0 aromatic heterocycles. The molecule has 2 aromatic rings. The highest BCUT2D eigenvalue weighted by molar-refractivity contribution is 5.66. The molecule has 1 fully saturated rings. The van der Waals surface area contributed by atoms with Gasteiger partial charge in [-0.05, 0) is 31.4 Å². The fourth-order valence-corrected chi connectivity index (χ4v) is 3.32. The fraction of sp³-hybridized carbons (Fsp3) is 0.455. The Bertz CT molecular complexity index is 802. The number of halogens is 3. The molecule has 0 N–H and O–H groups in total. The smallest absolute Gasteiger partial charge is 0.167 e. The van der Waals surface area contributed by atoms with Crippen LogP contribution in [0, 0.1) is 17.5 Å². The Morgan fingerprint density at radius 2 is 1.82 bits per heavy atom. The summed E-state index contributed by atoms with van der Waals surface area (Å²) >= 11 is 0. The lowest BCUT2D eigenvalue weighted by Gasteiger charge is -2.28. The van der Waals surface area contributed by atoms with E-state index in [0.29, 0.717) is 31.8 Å². The van der Waals surface area contributed by atoms with Gasteiger partial charge in [0.1, 0.15) is 11.6 Å². The Balaban J connectivity index is 1.81. The van der Waals surface area contributed by atoms with E-state index >= 15 is 0 Å². The van der Waals surface area contributed by atoms with Gasteiger partial charge in [0.2, 0.25) is 0 Å². The van der Waals surface area contributed by atoms with Crippen molar-refractivity contribution in [3.05, 3.63) is 53.3 Å². The predicted molar refractivity (Wildman–Crippen MR) is 101 cm³/mol. The molecule has 1 aliphatic rings. The average molecular weight is 394 g/mol. The van der Waals surface area contributed by atoms with E-state index in [2.05, 4.69) is 0 Å². The molecular weight excluding hydrogens is 369 g/mol. The molecule has 0 aliphatic carbocycles. The lowest BCUT2D eigenvalue weighted by atomic mass is 9.96. The molecule has 0 radical (unpaired) electrons. The van der Waals surface area contributed by atoms with Crippen molar-refractivity contribution < 1.29 is 27.4 Å². The maximum absolute atomic E-state index is 14.7. The summed E-state index contributed by atoms with van der Waals surface area (Å²) in [6, 6.07) is 7.04. The number of benzene rings is 2. The van der Waals surface area contributed by atoms with Crippen LogP contribution < -0.4 is 4.74 Å². The molecule has 1 aliphatic heterocycles. The molecule has 6 heteroatoms. The van der Waals surface area contributed by atoms with Gasteiger partial charge in [0, 0.05) is 29.9 Å². The van der Waals surface area contributed by atoms with Gasteiger partial charge in [-0.3, -0.25) is 0 Å². The van der Waals surface area contributed by atoms with Gasteiger partial charge in [-0.15, -0.1) is 0 Å². The third-order valence-electron chi connectivity index (χ3n) is 5.02. The molecular formula is C22H25F3O3. The third kappa shape index (κ3) is 4.50.